The number of hydrogen-bond acceptors (Lipinski definition) is 3. The summed E-state index contributed by atoms with van der Waals surface area (Å²) in [5.74, 6) is -0.0292. The first-order chi connectivity index (χ1) is 13.5. The van der Waals surface area contributed by atoms with Crippen LogP contribution in [0, 0.1) is 0 Å². The number of carbonyl (C=O) groups is 1. The third kappa shape index (κ3) is 6.97. The predicted octanol–water partition coefficient (Wildman–Crippen LogP) is 5.02. The Morgan fingerprint density at radius 2 is 1.69 bits per heavy atom. The maximum Gasteiger partial charge on any atom is 0.251 e. The Morgan fingerprint density at radius 1 is 1.07 bits per heavy atom. The highest BCUT2D eigenvalue weighted by atomic mass is 79.9. The first-order valence-corrected chi connectivity index (χ1v) is 10.9. The molecule has 1 saturated heterocycles. The summed E-state index contributed by atoms with van der Waals surface area (Å²) < 4.78 is 0.966. The summed E-state index contributed by atoms with van der Waals surface area (Å²) in [4.78, 5) is 14.5. The molecule has 2 N–H and O–H groups in total. The standard InChI is InChI=1S/C22H26BrClN2O2.ClH/c23-19-7-3-17(4-8-19)21(27)25-13-1-2-14-26-15-11-22(28,12-16-26)18-5-9-20(24)10-6-18;/h3-10,28H,1-2,11-16H2,(H,25,27);1H. The van der Waals surface area contributed by atoms with Gasteiger partial charge in [-0.25, -0.2) is 0 Å². The second kappa shape index (κ2) is 11.3. The summed E-state index contributed by atoms with van der Waals surface area (Å²) in [6.07, 6.45) is 3.43. The predicted molar refractivity (Wildman–Crippen MR) is 124 cm³/mol. The lowest BCUT2D eigenvalue weighted by Gasteiger charge is -2.38. The molecule has 0 aliphatic carbocycles. The number of nitrogens with zero attached hydrogens (tertiary/aromatic N) is 1. The van der Waals surface area contributed by atoms with Crippen LogP contribution in [-0.2, 0) is 5.60 Å². The Balaban J connectivity index is 0.00000300. The van der Waals surface area contributed by atoms with Gasteiger partial charge in [0.2, 0.25) is 0 Å². The summed E-state index contributed by atoms with van der Waals surface area (Å²) >= 11 is 9.32. The molecule has 2 aromatic carbocycles. The first kappa shape index (κ1) is 24.2. The van der Waals surface area contributed by atoms with Gasteiger partial charge in [-0.3, -0.25) is 4.79 Å². The van der Waals surface area contributed by atoms with Crippen LogP contribution in [0.3, 0.4) is 0 Å². The number of amides is 1. The van der Waals surface area contributed by atoms with Crippen LogP contribution < -0.4 is 5.32 Å². The third-order valence-electron chi connectivity index (χ3n) is 5.36. The zero-order valence-electron chi connectivity index (χ0n) is 16.2. The molecule has 0 bridgehead atoms. The average Bonchev–Trinajstić information content (AvgIpc) is 2.70. The molecule has 1 aliphatic heterocycles. The summed E-state index contributed by atoms with van der Waals surface area (Å²) in [6.45, 7) is 3.43. The molecule has 29 heavy (non-hydrogen) atoms. The lowest BCUT2D eigenvalue weighted by Crippen LogP contribution is -2.43. The van der Waals surface area contributed by atoms with Crippen molar-refractivity contribution in [3.05, 3.63) is 69.2 Å². The van der Waals surface area contributed by atoms with Crippen LogP contribution in [0.4, 0.5) is 0 Å². The second-order valence-electron chi connectivity index (χ2n) is 7.35. The van der Waals surface area contributed by atoms with Gasteiger partial charge in [0.05, 0.1) is 5.60 Å². The third-order valence-corrected chi connectivity index (χ3v) is 6.14. The number of likely N-dealkylation sites (tertiary alicyclic amines) is 1. The van der Waals surface area contributed by atoms with Crippen LogP contribution in [0.5, 0.6) is 0 Å². The summed E-state index contributed by atoms with van der Waals surface area (Å²) in [5, 5.41) is 14.6. The fraction of sp³-hybridized carbons (Fsp3) is 0.409. The van der Waals surface area contributed by atoms with E-state index in [1.165, 1.54) is 0 Å². The maximum absolute atomic E-state index is 12.1. The van der Waals surface area contributed by atoms with Gasteiger partial charge < -0.3 is 15.3 Å². The molecule has 2 aromatic rings. The van der Waals surface area contributed by atoms with E-state index in [1.54, 1.807) is 0 Å². The minimum Gasteiger partial charge on any atom is -0.385 e. The highest BCUT2D eigenvalue weighted by Crippen LogP contribution is 2.33. The smallest absolute Gasteiger partial charge is 0.251 e. The fourth-order valence-electron chi connectivity index (χ4n) is 3.56. The van der Waals surface area contributed by atoms with E-state index in [-0.39, 0.29) is 18.3 Å². The molecule has 0 spiro atoms. The van der Waals surface area contributed by atoms with E-state index in [2.05, 4.69) is 26.1 Å². The zero-order chi connectivity index (χ0) is 20.0. The number of nitrogens with one attached hydrogen (secondary N) is 1. The molecular formula is C22H27BrCl2N2O2. The summed E-state index contributed by atoms with van der Waals surface area (Å²) in [6, 6.07) is 14.9. The van der Waals surface area contributed by atoms with E-state index in [1.807, 2.05) is 48.5 Å². The van der Waals surface area contributed by atoms with Gasteiger partial charge in [0.15, 0.2) is 0 Å². The van der Waals surface area contributed by atoms with Crippen LogP contribution in [0.15, 0.2) is 53.0 Å². The van der Waals surface area contributed by atoms with Crippen LogP contribution in [0.1, 0.15) is 41.6 Å². The van der Waals surface area contributed by atoms with Gasteiger partial charge in [-0.15, -0.1) is 12.4 Å². The number of halogens is 3. The molecule has 4 nitrogen and oxygen atoms in total. The molecule has 0 atom stereocenters. The van der Waals surface area contributed by atoms with Crippen LogP contribution in [-0.4, -0.2) is 42.1 Å². The molecule has 1 heterocycles. The Bertz CT molecular complexity index is 776. The highest BCUT2D eigenvalue weighted by molar-refractivity contribution is 9.10. The summed E-state index contributed by atoms with van der Waals surface area (Å²) in [5.41, 5.74) is 0.882. The Kier molecular flexibility index (Phi) is 9.44. The molecule has 0 aromatic heterocycles. The van der Waals surface area contributed by atoms with Crippen molar-refractivity contribution in [1.29, 1.82) is 0 Å². The summed E-state index contributed by atoms with van der Waals surface area (Å²) in [7, 11) is 0. The van der Waals surface area contributed by atoms with E-state index in [0.717, 1.165) is 55.4 Å². The molecule has 1 fully saturated rings. The number of aliphatic hydroxyl groups is 1. The zero-order valence-corrected chi connectivity index (χ0v) is 19.4. The largest absolute Gasteiger partial charge is 0.385 e. The van der Waals surface area contributed by atoms with Gasteiger partial charge in [0, 0.05) is 34.7 Å². The lowest BCUT2D eigenvalue weighted by atomic mass is 9.84. The molecule has 7 heteroatoms. The number of benzene rings is 2. The molecule has 1 aliphatic rings. The first-order valence-electron chi connectivity index (χ1n) is 9.71. The molecule has 158 valence electrons. The molecule has 0 radical (unpaired) electrons. The van der Waals surface area contributed by atoms with Gasteiger partial charge in [-0.05, 0) is 74.2 Å². The van der Waals surface area contributed by atoms with Gasteiger partial charge in [-0.2, -0.15) is 0 Å². The van der Waals surface area contributed by atoms with Crippen molar-refractivity contribution in [3.8, 4) is 0 Å². The maximum atomic E-state index is 12.1. The average molecular weight is 502 g/mol. The van der Waals surface area contributed by atoms with Crippen molar-refractivity contribution < 1.29 is 9.90 Å². The van der Waals surface area contributed by atoms with Crippen molar-refractivity contribution >= 4 is 45.8 Å². The number of piperidine rings is 1. The Hall–Kier alpha value is -1.11. The number of unbranched alkanes of at least 4 members (excludes halogenated alkanes) is 1. The van der Waals surface area contributed by atoms with Crippen molar-refractivity contribution in [1.82, 2.24) is 10.2 Å². The quantitative estimate of drug-likeness (QED) is 0.524. The van der Waals surface area contributed by atoms with Crippen LogP contribution in [0.25, 0.3) is 0 Å². The lowest BCUT2D eigenvalue weighted by molar-refractivity contribution is -0.0260. The topological polar surface area (TPSA) is 52.6 Å². The number of rotatable bonds is 7. The molecule has 0 unspecified atom stereocenters. The normalized spacial score (nSPS) is 16.1. The number of hydrogen-bond donors (Lipinski definition) is 2. The van der Waals surface area contributed by atoms with E-state index >= 15 is 0 Å². The van der Waals surface area contributed by atoms with Gasteiger partial charge in [-0.1, -0.05) is 39.7 Å². The highest BCUT2D eigenvalue weighted by Gasteiger charge is 2.33. The van der Waals surface area contributed by atoms with Crippen LogP contribution in [0.2, 0.25) is 5.02 Å². The van der Waals surface area contributed by atoms with E-state index in [4.69, 9.17) is 11.6 Å². The molecule has 0 saturated carbocycles. The van der Waals surface area contributed by atoms with E-state index in [9.17, 15) is 9.90 Å². The van der Waals surface area contributed by atoms with Gasteiger partial charge in [0.25, 0.3) is 5.91 Å². The minimum atomic E-state index is -0.750. The van der Waals surface area contributed by atoms with Gasteiger partial charge in [0.1, 0.15) is 0 Å². The number of carbonyl (C=O) groups excluding carboxylic acids is 1. The molecular weight excluding hydrogens is 475 g/mol. The van der Waals surface area contributed by atoms with Crippen molar-refractivity contribution in [2.24, 2.45) is 0 Å². The minimum absolute atomic E-state index is 0. The fourth-order valence-corrected chi connectivity index (χ4v) is 3.95. The Morgan fingerprint density at radius 3 is 2.31 bits per heavy atom. The second-order valence-corrected chi connectivity index (χ2v) is 8.70. The molecule has 3 rings (SSSR count). The SMILES string of the molecule is Cl.O=C(NCCCCN1CCC(O)(c2ccc(Cl)cc2)CC1)c1ccc(Br)cc1. The van der Waals surface area contributed by atoms with E-state index < -0.39 is 5.60 Å². The monoisotopic (exact) mass is 500 g/mol. The van der Waals surface area contributed by atoms with Gasteiger partial charge >= 0.3 is 0 Å². The molecule has 1 amide bonds. The van der Waals surface area contributed by atoms with Crippen molar-refractivity contribution in [2.75, 3.05) is 26.2 Å². The van der Waals surface area contributed by atoms with Crippen molar-refractivity contribution in [2.45, 2.75) is 31.3 Å². The van der Waals surface area contributed by atoms with E-state index in [0.29, 0.717) is 17.1 Å². The van der Waals surface area contributed by atoms with Crippen molar-refractivity contribution in [3.63, 3.8) is 0 Å². The Labute approximate surface area is 192 Å². The van der Waals surface area contributed by atoms with Crippen LogP contribution >= 0.6 is 39.9 Å².